The van der Waals surface area contributed by atoms with E-state index < -0.39 is 0 Å². The number of anilines is 2. The zero-order chi connectivity index (χ0) is 23.1. The van der Waals surface area contributed by atoms with Gasteiger partial charge in [-0.15, -0.1) is 0 Å². The number of benzene rings is 3. The highest BCUT2D eigenvalue weighted by molar-refractivity contribution is 5.91. The van der Waals surface area contributed by atoms with Crippen LogP contribution in [-0.4, -0.2) is 28.2 Å². The highest BCUT2D eigenvalue weighted by Crippen LogP contribution is 2.23. The van der Waals surface area contributed by atoms with Crippen LogP contribution in [0.4, 0.5) is 11.4 Å². The minimum atomic E-state index is 0.609. The maximum Gasteiger partial charge on any atom is 0.0998 e. The van der Waals surface area contributed by atoms with Crippen molar-refractivity contribution in [2.75, 3.05) is 38.0 Å². The molecule has 0 bridgehead atoms. The molecule has 0 heterocycles. The van der Waals surface area contributed by atoms with Crippen LogP contribution in [0.15, 0.2) is 72.8 Å². The van der Waals surface area contributed by atoms with Crippen LogP contribution in [0.2, 0.25) is 0 Å². The Balaban J connectivity index is 1.82. The lowest BCUT2D eigenvalue weighted by atomic mass is 10.0. The lowest BCUT2D eigenvalue weighted by molar-refractivity contribution is 1.13. The standard InChI is InChI=1S/C28H26N4/c1-31(2)27-13-9-23(10-14-27)25(19-29)17-21-5-7-22(8-6-21)18-26(20-30)24-11-15-28(16-12-24)32(3)4/h5-18H,1-4H3/b25-17+,26-18+. The topological polar surface area (TPSA) is 54.1 Å². The molecule has 0 fully saturated rings. The molecule has 0 radical (unpaired) electrons. The van der Waals surface area contributed by atoms with Crippen LogP contribution in [0.1, 0.15) is 22.3 Å². The van der Waals surface area contributed by atoms with E-state index in [9.17, 15) is 10.5 Å². The third kappa shape index (κ3) is 5.45. The number of allylic oxidation sites excluding steroid dienone is 2. The van der Waals surface area contributed by atoms with Crippen molar-refractivity contribution in [2.45, 2.75) is 0 Å². The van der Waals surface area contributed by atoms with Crippen LogP contribution in [0.5, 0.6) is 0 Å². The van der Waals surface area contributed by atoms with Crippen molar-refractivity contribution < 1.29 is 0 Å². The van der Waals surface area contributed by atoms with E-state index in [4.69, 9.17) is 0 Å². The van der Waals surface area contributed by atoms with E-state index in [2.05, 4.69) is 12.1 Å². The molecular formula is C28H26N4. The second kappa shape index (κ2) is 10.2. The fourth-order valence-electron chi connectivity index (χ4n) is 3.26. The summed E-state index contributed by atoms with van der Waals surface area (Å²) in [5.41, 5.74) is 7.03. The van der Waals surface area contributed by atoms with Crippen molar-refractivity contribution in [3.05, 3.63) is 95.1 Å². The van der Waals surface area contributed by atoms with Gasteiger partial charge in [0.2, 0.25) is 0 Å². The van der Waals surface area contributed by atoms with Gasteiger partial charge in [-0.2, -0.15) is 10.5 Å². The van der Waals surface area contributed by atoms with Gasteiger partial charge >= 0.3 is 0 Å². The van der Waals surface area contributed by atoms with Crippen LogP contribution in [0.3, 0.4) is 0 Å². The SMILES string of the molecule is CN(C)c1ccc(/C(C#N)=C/c2ccc(/C=C(\C#N)c3ccc(N(C)C)cc3)cc2)cc1. The molecule has 0 N–H and O–H groups in total. The van der Waals surface area contributed by atoms with Gasteiger partial charge in [-0.25, -0.2) is 0 Å². The van der Waals surface area contributed by atoms with Crippen molar-refractivity contribution in [1.29, 1.82) is 10.5 Å². The molecule has 3 rings (SSSR count). The Bertz CT molecular complexity index is 1100. The molecule has 4 nitrogen and oxygen atoms in total. The van der Waals surface area contributed by atoms with Gasteiger partial charge in [-0.05, 0) is 58.7 Å². The lowest BCUT2D eigenvalue weighted by Crippen LogP contribution is -2.08. The summed E-state index contributed by atoms with van der Waals surface area (Å²) in [5.74, 6) is 0. The highest BCUT2D eigenvalue weighted by atomic mass is 15.1. The first-order valence-corrected chi connectivity index (χ1v) is 10.3. The molecule has 0 aromatic heterocycles. The summed E-state index contributed by atoms with van der Waals surface area (Å²) in [4.78, 5) is 4.05. The van der Waals surface area contributed by atoms with Crippen molar-refractivity contribution in [3.63, 3.8) is 0 Å². The van der Waals surface area contributed by atoms with Gasteiger partial charge < -0.3 is 9.80 Å². The number of hydrogen-bond acceptors (Lipinski definition) is 4. The molecule has 0 aliphatic rings. The molecule has 32 heavy (non-hydrogen) atoms. The predicted molar refractivity (Wildman–Crippen MR) is 135 cm³/mol. The van der Waals surface area contributed by atoms with E-state index in [1.807, 2.05) is 123 Å². The highest BCUT2D eigenvalue weighted by Gasteiger charge is 2.05. The Morgan fingerprint density at radius 3 is 1.12 bits per heavy atom. The number of rotatable bonds is 6. The second-order valence-electron chi connectivity index (χ2n) is 7.89. The maximum atomic E-state index is 9.63. The summed E-state index contributed by atoms with van der Waals surface area (Å²) in [7, 11) is 7.95. The van der Waals surface area contributed by atoms with Crippen LogP contribution in [0, 0.1) is 22.7 Å². The molecule has 158 valence electrons. The minimum Gasteiger partial charge on any atom is -0.378 e. The molecule has 0 saturated carbocycles. The fraction of sp³-hybridized carbons (Fsp3) is 0.143. The Morgan fingerprint density at radius 2 is 0.875 bits per heavy atom. The molecule has 0 aliphatic carbocycles. The smallest absolute Gasteiger partial charge is 0.0998 e. The fourth-order valence-corrected chi connectivity index (χ4v) is 3.26. The van der Waals surface area contributed by atoms with Gasteiger partial charge in [-0.3, -0.25) is 0 Å². The summed E-state index contributed by atoms with van der Waals surface area (Å²) < 4.78 is 0. The Labute approximate surface area is 190 Å². The van der Waals surface area contributed by atoms with Gasteiger partial charge in [-0.1, -0.05) is 48.5 Å². The lowest BCUT2D eigenvalue weighted by Gasteiger charge is -2.12. The van der Waals surface area contributed by atoms with Crippen molar-refractivity contribution >= 4 is 34.7 Å². The molecular weight excluding hydrogens is 392 g/mol. The molecule has 3 aromatic rings. The number of nitriles is 2. The van der Waals surface area contributed by atoms with Gasteiger partial charge in [0.05, 0.1) is 23.3 Å². The van der Waals surface area contributed by atoms with E-state index >= 15 is 0 Å². The average Bonchev–Trinajstić information content (AvgIpc) is 2.82. The molecule has 4 heteroatoms. The van der Waals surface area contributed by atoms with Crippen LogP contribution >= 0.6 is 0 Å². The molecule has 0 saturated heterocycles. The number of hydrogen-bond donors (Lipinski definition) is 0. The van der Waals surface area contributed by atoms with Gasteiger partial charge in [0.15, 0.2) is 0 Å². The first-order chi connectivity index (χ1) is 15.4. The Morgan fingerprint density at radius 1 is 0.562 bits per heavy atom. The monoisotopic (exact) mass is 418 g/mol. The summed E-state index contributed by atoms with van der Waals surface area (Å²) >= 11 is 0. The molecule has 0 unspecified atom stereocenters. The Hall–Kier alpha value is -4.28. The van der Waals surface area contributed by atoms with Crippen molar-refractivity contribution in [1.82, 2.24) is 0 Å². The van der Waals surface area contributed by atoms with E-state index in [0.717, 1.165) is 33.6 Å². The van der Waals surface area contributed by atoms with Crippen LogP contribution in [-0.2, 0) is 0 Å². The zero-order valence-corrected chi connectivity index (χ0v) is 18.9. The summed E-state index contributed by atoms with van der Waals surface area (Å²) in [6, 6.07) is 28.3. The minimum absolute atomic E-state index is 0.609. The van der Waals surface area contributed by atoms with Crippen molar-refractivity contribution in [3.8, 4) is 12.1 Å². The van der Waals surface area contributed by atoms with Gasteiger partial charge in [0, 0.05) is 39.6 Å². The third-order valence-electron chi connectivity index (χ3n) is 5.19. The molecule has 0 spiro atoms. The Kier molecular flexibility index (Phi) is 7.11. The molecule has 0 aliphatic heterocycles. The second-order valence-corrected chi connectivity index (χ2v) is 7.89. The normalized spacial score (nSPS) is 11.4. The third-order valence-corrected chi connectivity index (χ3v) is 5.19. The van der Waals surface area contributed by atoms with E-state index in [0.29, 0.717) is 11.1 Å². The van der Waals surface area contributed by atoms with E-state index in [-0.39, 0.29) is 0 Å². The van der Waals surface area contributed by atoms with Crippen LogP contribution in [0.25, 0.3) is 23.3 Å². The predicted octanol–water partition coefficient (Wildman–Crippen LogP) is 5.95. The first-order valence-electron chi connectivity index (χ1n) is 10.3. The largest absolute Gasteiger partial charge is 0.378 e. The van der Waals surface area contributed by atoms with Crippen molar-refractivity contribution in [2.24, 2.45) is 0 Å². The molecule has 3 aromatic carbocycles. The van der Waals surface area contributed by atoms with E-state index in [1.54, 1.807) is 0 Å². The molecule has 0 amide bonds. The maximum absolute atomic E-state index is 9.63. The van der Waals surface area contributed by atoms with E-state index in [1.165, 1.54) is 0 Å². The zero-order valence-electron chi connectivity index (χ0n) is 18.9. The van der Waals surface area contributed by atoms with Gasteiger partial charge in [0.1, 0.15) is 0 Å². The molecule has 0 atom stereocenters. The summed E-state index contributed by atoms with van der Waals surface area (Å²) in [5, 5.41) is 19.3. The summed E-state index contributed by atoms with van der Waals surface area (Å²) in [6.07, 6.45) is 3.76. The van der Waals surface area contributed by atoms with Gasteiger partial charge in [0.25, 0.3) is 0 Å². The first kappa shape index (κ1) is 22.4. The quantitative estimate of drug-likeness (QED) is 0.367. The number of nitrogens with zero attached hydrogens (tertiary/aromatic N) is 4. The summed E-state index contributed by atoms with van der Waals surface area (Å²) in [6.45, 7) is 0. The van der Waals surface area contributed by atoms with Crippen LogP contribution < -0.4 is 9.80 Å². The average molecular weight is 419 g/mol.